The van der Waals surface area contributed by atoms with E-state index in [0.717, 1.165) is 36.4 Å². The van der Waals surface area contributed by atoms with Crippen LogP contribution in [0, 0.1) is 0 Å². The van der Waals surface area contributed by atoms with E-state index in [4.69, 9.17) is 9.47 Å². The van der Waals surface area contributed by atoms with E-state index in [1.807, 2.05) is 12.1 Å². The SMILES string of the molecule is O=C1OC(CI)CN1c1ccc(N2CC3NCCOC3C2)cc1. The predicted molar refractivity (Wildman–Crippen MR) is 96.7 cm³/mol. The van der Waals surface area contributed by atoms with Crippen molar-refractivity contribution in [3.05, 3.63) is 24.3 Å². The molecule has 3 heterocycles. The molecule has 0 spiro atoms. The molecule has 0 radical (unpaired) electrons. The zero-order chi connectivity index (χ0) is 15.8. The standard InChI is InChI=1S/C16H20IN3O3/c17-7-13-8-20(16(21)23-13)12-3-1-11(2-4-12)19-9-14-15(10-19)22-6-5-18-14/h1-4,13-15,18H,5-10H2. The number of nitrogens with one attached hydrogen (secondary N) is 1. The minimum Gasteiger partial charge on any atom is -0.443 e. The summed E-state index contributed by atoms with van der Waals surface area (Å²) in [6.45, 7) is 4.24. The van der Waals surface area contributed by atoms with E-state index in [1.54, 1.807) is 4.90 Å². The summed E-state index contributed by atoms with van der Waals surface area (Å²) < 4.78 is 12.0. The first-order valence-electron chi connectivity index (χ1n) is 7.99. The second-order valence-corrected chi connectivity index (χ2v) is 7.04. The fourth-order valence-electron chi connectivity index (χ4n) is 3.46. The van der Waals surface area contributed by atoms with E-state index < -0.39 is 0 Å². The second kappa shape index (κ2) is 6.45. The van der Waals surface area contributed by atoms with Crippen LogP contribution in [0.15, 0.2) is 24.3 Å². The lowest BCUT2D eigenvalue weighted by Crippen LogP contribution is -2.47. The van der Waals surface area contributed by atoms with Gasteiger partial charge in [0.15, 0.2) is 0 Å². The summed E-state index contributed by atoms with van der Waals surface area (Å²) in [7, 11) is 0. The maximum absolute atomic E-state index is 11.9. The number of anilines is 2. The molecule has 7 heteroatoms. The van der Waals surface area contributed by atoms with Gasteiger partial charge < -0.3 is 19.7 Å². The molecule has 3 saturated heterocycles. The second-order valence-electron chi connectivity index (χ2n) is 6.16. The molecule has 1 aromatic carbocycles. The third-order valence-corrected chi connectivity index (χ3v) is 5.66. The minimum absolute atomic E-state index is 0.00675. The topological polar surface area (TPSA) is 54.0 Å². The molecule has 1 N–H and O–H groups in total. The van der Waals surface area contributed by atoms with E-state index in [-0.39, 0.29) is 18.3 Å². The number of amides is 1. The Kier molecular flexibility index (Phi) is 4.33. The normalized spacial score (nSPS) is 30.5. The number of hydrogen-bond acceptors (Lipinski definition) is 5. The Morgan fingerprint density at radius 3 is 2.65 bits per heavy atom. The average molecular weight is 429 g/mol. The van der Waals surface area contributed by atoms with E-state index in [2.05, 4.69) is 44.9 Å². The Labute approximate surface area is 149 Å². The summed E-state index contributed by atoms with van der Waals surface area (Å²) in [5.74, 6) is 0. The average Bonchev–Trinajstić information content (AvgIpc) is 3.18. The van der Waals surface area contributed by atoms with Crippen LogP contribution < -0.4 is 15.1 Å². The number of morpholine rings is 1. The lowest BCUT2D eigenvalue weighted by molar-refractivity contribution is 0.0212. The summed E-state index contributed by atoms with van der Waals surface area (Å²) >= 11 is 2.25. The number of halogens is 1. The van der Waals surface area contributed by atoms with Crippen molar-refractivity contribution in [3.63, 3.8) is 0 Å². The number of benzene rings is 1. The van der Waals surface area contributed by atoms with Crippen molar-refractivity contribution in [2.24, 2.45) is 0 Å². The summed E-state index contributed by atoms with van der Waals surface area (Å²) in [5, 5.41) is 3.52. The Bertz CT molecular complexity index is 568. The van der Waals surface area contributed by atoms with Crippen molar-refractivity contribution in [1.29, 1.82) is 0 Å². The van der Waals surface area contributed by atoms with Crippen molar-refractivity contribution in [2.45, 2.75) is 18.2 Å². The lowest BCUT2D eigenvalue weighted by atomic mass is 10.2. The van der Waals surface area contributed by atoms with Gasteiger partial charge in [-0.2, -0.15) is 0 Å². The quantitative estimate of drug-likeness (QED) is 0.585. The van der Waals surface area contributed by atoms with Gasteiger partial charge in [-0.1, -0.05) is 22.6 Å². The molecule has 1 aromatic rings. The zero-order valence-corrected chi connectivity index (χ0v) is 14.9. The van der Waals surface area contributed by atoms with E-state index >= 15 is 0 Å². The van der Waals surface area contributed by atoms with Gasteiger partial charge in [0.05, 0.1) is 25.3 Å². The summed E-state index contributed by atoms with van der Waals surface area (Å²) in [5.41, 5.74) is 2.07. The number of hydrogen-bond donors (Lipinski definition) is 1. The summed E-state index contributed by atoms with van der Waals surface area (Å²) in [4.78, 5) is 16.0. The van der Waals surface area contributed by atoms with Gasteiger partial charge in [-0.15, -0.1) is 0 Å². The van der Waals surface area contributed by atoms with Crippen LogP contribution in [-0.4, -0.2) is 61.6 Å². The number of rotatable bonds is 3. The van der Waals surface area contributed by atoms with Crippen LogP contribution in [0.4, 0.5) is 16.2 Å². The largest absolute Gasteiger partial charge is 0.443 e. The lowest BCUT2D eigenvalue weighted by Gasteiger charge is -2.25. The van der Waals surface area contributed by atoms with E-state index in [1.165, 1.54) is 5.69 Å². The first kappa shape index (κ1) is 15.5. The Morgan fingerprint density at radius 2 is 1.96 bits per heavy atom. The van der Waals surface area contributed by atoms with Crippen LogP contribution >= 0.6 is 22.6 Å². The summed E-state index contributed by atoms with van der Waals surface area (Å²) in [6, 6.07) is 8.58. The molecule has 3 aliphatic rings. The molecule has 0 saturated carbocycles. The molecule has 124 valence electrons. The number of cyclic esters (lactones) is 1. The highest BCUT2D eigenvalue weighted by molar-refractivity contribution is 14.1. The molecule has 0 bridgehead atoms. The Morgan fingerprint density at radius 1 is 1.17 bits per heavy atom. The van der Waals surface area contributed by atoms with Gasteiger partial charge in [0.1, 0.15) is 6.10 Å². The number of carbonyl (C=O) groups excluding carboxylic acids is 1. The maximum atomic E-state index is 11.9. The van der Waals surface area contributed by atoms with Gasteiger partial charge in [0.2, 0.25) is 0 Å². The minimum atomic E-state index is -0.246. The zero-order valence-electron chi connectivity index (χ0n) is 12.8. The van der Waals surface area contributed by atoms with E-state index in [9.17, 15) is 4.79 Å². The van der Waals surface area contributed by atoms with E-state index in [0.29, 0.717) is 12.6 Å². The fourth-order valence-corrected chi connectivity index (χ4v) is 3.92. The molecule has 4 rings (SSSR count). The molecule has 0 aromatic heterocycles. The molecule has 3 atom stereocenters. The molecule has 3 aliphatic heterocycles. The first-order valence-corrected chi connectivity index (χ1v) is 9.51. The van der Waals surface area contributed by atoms with Gasteiger partial charge in [-0.3, -0.25) is 4.90 Å². The monoisotopic (exact) mass is 429 g/mol. The Balaban J connectivity index is 1.45. The van der Waals surface area contributed by atoms with Crippen LogP contribution in [0.25, 0.3) is 0 Å². The van der Waals surface area contributed by atoms with Crippen LogP contribution in [0.3, 0.4) is 0 Å². The predicted octanol–water partition coefficient (Wildman–Crippen LogP) is 1.62. The third-order valence-electron chi connectivity index (χ3n) is 4.68. The third kappa shape index (κ3) is 3.01. The molecular formula is C16H20IN3O3. The molecule has 0 aliphatic carbocycles. The van der Waals surface area contributed by atoms with Gasteiger partial charge in [-0.25, -0.2) is 4.79 Å². The highest BCUT2D eigenvalue weighted by Crippen LogP contribution is 2.28. The molecule has 6 nitrogen and oxygen atoms in total. The maximum Gasteiger partial charge on any atom is 0.414 e. The number of alkyl halides is 1. The smallest absolute Gasteiger partial charge is 0.414 e. The Hall–Kier alpha value is -1.06. The highest BCUT2D eigenvalue weighted by Gasteiger charge is 2.36. The van der Waals surface area contributed by atoms with Gasteiger partial charge in [0.25, 0.3) is 0 Å². The van der Waals surface area contributed by atoms with Crippen LogP contribution in [-0.2, 0) is 9.47 Å². The van der Waals surface area contributed by atoms with Crippen LogP contribution in [0.1, 0.15) is 0 Å². The van der Waals surface area contributed by atoms with Crippen molar-refractivity contribution >= 4 is 40.1 Å². The number of fused-ring (bicyclic) bond motifs is 1. The van der Waals surface area contributed by atoms with Gasteiger partial charge in [-0.05, 0) is 24.3 Å². The molecule has 23 heavy (non-hydrogen) atoms. The summed E-state index contributed by atoms with van der Waals surface area (Å²) in [6.07, 6.45) is 0.0262. The van der Waals surface area contributed by atoms with Crippen molar-refractivity contribution in [3.8, 4) is 0 Å². The van der Waals surface area contributed by atoms with Crippen molar-refractivity contribution < 1.29 is 14.3 Å². The molecule has 3 fully saturated rings. The fraction of sp³-hybridized carbons (Fsp3) is 0.562. The number of nitrogens with zero attached hydrogens (tertiary/aromatic N) is 2. The number of carbonyl (C=O) groups is 1. The van der Waals surface area contributed by atoms with Crippen molar-refractivity contribution in [2.75, 3.05) is 47.0 Å². The molecule has 3 unspecified atom stereocenters. The molecular weight excluding hydrogens is 409 g/mol. The van der Waals surface area contributed by atoms with Gasteiger partial charge >= 0.3 is 6.09 Å². The van der Waals surface area contributed by atoms with Crippen molar-refractivity contribution in [1.82, 2.24) is 5.32 Å². The molecule has 1 amide bonds. The highest BCUT2D eigenvalue weighted by atomic mass is 127. The first-order chi connectivity index (χ1) is 11.2. The number of ether oxygens (including phenoxy) is 2. The van der Waals surface area contributed by atoms with Gasteiger partial charge in [0, 0.05) is 35.4 Å². The van der Waals surface area contributed by atoms with Crippen LogP contribution in [0.2, 0.25) is 0 Å². The van der Waals surface area contributed by atoms with Crippen LogP contribution in [0.5, 0.6) is 0 Å².